The number of amides is 2. The smallest absolute Gasteiger partial charge is 0.444 e. The van der Waals surface area contributed by atoms with Crippen LogP contribution in [0.15, 0.2) is 119 Å². The van der Waals surface area contributed by atoms with Gasteiger partial charge in [0.15, 0.2) is 0 Å². The number of hydrogen-bond acceptors (Lipinski definition) is 17. The zero-order valence-corrected chi connectivity index (χ0v) is 46.7. The number of phosphoric ester groups is 2. The molecule has 77 heavy (non-hydrogen) atoms. The molecule has 2 aliphatic heterocycles. The third-order valence-electron chi connectivity index (χ3n) is 12.1. The number of rotatable bonds is 28. The lowest BCUT2D eigenvalue weighted by molar-refractivity contribution is 0.0474. The Kier molecular flexibility index (Phi) is 22.1. The molecule has 0 bridgehead atoms. The molecule has 2 aliphatic rings. The van der Waals surface area contributed by atoms with Crippen LogP contribution in [0, 0.1) is 11.8 Å². The molecular formula is C50H70N6O17P2S2. The standard InChI is InChI=1S/C50H70N6O17P2S2/c1-35(2)29-55(76(63,64)43-19-15-39(51)16-20-43)31-47(45(27-37-11-7-5-8-12-37)53-49(57)69-41-23-25-67-33-41)71-74(59,60)73-75(61,62)72-48(32-56(30-36(3)4)77(65,66)44-21-17-40(52)18-22-44)46(28-38-13-9-6-10-14-38)54-50(58)70-42-24-26-68-34-42/h5-22,35-36,41-42,45-48H,23-34,51-52H2,1-4H3,(H,53,57)(H,54,58)(H,59,60)(H,61,62)/t41-,42-,45-,46-,47+,48+/m0/s1. The van der Waals surface area contributed by atoms with E-state index in [1.807, 2.05) is 0 Å². The van der Waals surface area contributed by atoms with Crippen molar-refractivity contribution in [1.29, 1.82) is 0 Å². The Hall–Kier alpha value is -4.98. The van der Waals surface area contributed by atoms with Crippen molar-refractivity contribution in [3.63, 3.8) is 0 Å². The van der Waals surface area contributed by atoms with Gasteiger partial charge in [-0.05, 0) is 84.3 Å². The molecule has 4 aromatic rings. The van der Waals surface area contributed by atoms with E-state index in [1.54, 1.807) is 88.4 Å². The van der Waals surface area contributed by atoms with Gasteiger partial charge in [-0.3, -0.25) is 9.05 Å². The summed E-state index contributed by atoms with van der Waals surface area (Å²) >= 11 is 0. The summed E-state index contributed by atoms with van der Waals surface area (Å²) in [4.78, 5) is 50.5. The van der Waals surface area contributed by atoms with Crippen molar-refractivity contribution in [2.75, 3.05) is 64.1 Å². The first-order valence-electron chi connectivity index (χ1n) is 25.0. The van der Waals surface area contributed by atoms with Crippen LogP contribution in [-0.4, -0.2) is 137 Å². The van der Waals surface area contributed by atoms with Crippen LogP contribution in [0.4, 0.5) is 21.0 Å². The average Bonchev–Trinajstić information content (AvgIpc) is 4.08. The molecule has 424 valence electrons. The van der Waals surface area contributed by atoms with E-state index < -0.39 is 97.5 Å². The quantitative estimate of drug-likeness (QED) is 0.0277. The van der Waals surface area contributed by atoms with Crippen LogP contribution in [0.1, 0.15) is 51.7 Å². The summed E-state index contributed by atoms with van der Waals surface area (Å²) in [5.74, 6) is -0.736. The van der Waals surface area contributed by atoms with Crippen molar-refractivity contribution >= 4 is 59.3 Å². The second-order valence-corrected chi connectivity index (χ2v) is 26.4. The van der Waals surface area contributed by atoms with Gasteiger partial charge in [-0.2, -0.15) is 12.9 Å². The lowest BCUT2D eigenvalue weighted by atomic mass is 10.0. The minimum Gasteiger partial charge on any atom is -0.444 e. The number of alkyl carbamates (subject to hydrolysis) is 2. The van der Waals surface area contributed by atoms with Crippen LogP contribution in [-0.2, 0) is 74.3 Å². The molecule has 6 rings (SSSR count). The summed E-state index contributed by atoms with van der Waals surface area (Å²) in [6, 6.07) is 24.7. The van der Waals surface area contributed by atoms with E-state index in [0.717, 1.165) is 8.61 Å². The molecule has 2 heterocycles. The molecule has 2 saturated heterocycles. The fraction of sp³-hybridized carbons (Fsp3) is 0.480. The highest BCUT2D eigenvalue weighted by Crippen LogP contribution is 2.62. The van der Waals surface area contributed by atoms with Crippen LogP contribution in [0.25, 0.3) is 0 Å². The fourth-order valence-corrected chi connectivity index (χ4v) is 14.2. The minimum absolute atomic E-state index is 0.0894. The Morgan fingerprint density at radius 3 is 1.26 bits per heavy atom. The van der Waals surface area contributed by atoms with E-state index in [0.29, 0.717) is 37.2 Å². The predicted octanol–water partition coefficient (Wildman–Crippen LogP) is 6.09. The maximum atomic E-state index is 14.6. The molecular weight excluding hydrogens is 1080 g/mol. The summed E-state index contributed by atoms with van der Waals surface area (Å²) < 4.78 is 128. The third kappa shape index (κ3) is 19.1. The Labute approximate surface area is 450 Å². The van der Waals surface area contributed by atoms with Crippen LogP contribution in [0.3, 0.4) is 0 Å². The van der Waals surface area contributed by atoms with E-state index in [2.05, 4.69) is 10.6 Å². The van der Waals surface area contributed by atoms with Gasteiger partial charge >= 0.3 is 27.8 Å². The van der Waals surface area contributed by atoms with E-state index in [4.69, 9.17) is 43.8 Å². The number of hydrogen-bond donors (Lipinski definition) is 6. The van der Waals surface area contributed by atoms with Crippen molar-refractivity contribution in [3.8, 4) is 0 Å². The Balaban J connectivity index is 1.41. The molecule has 27 heteroatoms. The van der Waals surface area contributed by atoms with Gasteiger partial charge in [0.2, 0.25) is 20.0 Å². The van der Waals surface area contributed by atoms with Crippen LogP contribution in [0.5, 0.6) is 0 Å². The fourth-order valence-electron chi connectivity index (χ4n) is 8.49. The maximum Gasteiger partial charge on any atom is 0.481 e. The lowest BCUT2D eigenvalue weighted by Crippen LogP contribution is -2.52. The highest BCUT2D eigenvalue weighted by molar-refractivity contribution is 7.89. The van der Waals surface area contributed by atoms with Crippen molar-refractivity contribution < 1.29 is 77.6 Å². The van der Waals surface area contributed by atoms with Gasteiger partial charge in [0, 0.05) is 50.4 Å². The number of nitrogens with two attached hydrogens (primary N) is 2. The highest BCUT2D eigenvalue weighted by atomic mass is 32.2. The molecule has 0 spiro atoms. The number of nitrogen functional groups attached to an aromatic ring is 2. The molecule has 4 aromatic carbocycles. The van der Waals surface area contributed by atoms with Crippen LogP contribution >= 0.6 is 15.6 Å². The zero-order valence-electron chi connectivity index (χ0n) is 43.3. The number of nitrogens with zero attached hydrogens (tertiary/aromatic N) is 2. The first-order chi connectivity index (χ1) is 36.4. The maximum absolute atomic E-state index is 14.6. The van der Waals surface area contributed by atoms with Crippen molar-refractivity contribution in [1.82, 2.24) is 19.2 Å². The van der Waals surface area contributed by atoms with Crippen LogP contribution < -0.4 is 22.1 Å². The number of benzene rings is 4. The third-order valence-corrected chi connectivity index (χ3v) is 18.5. The number of carbonyl (C=O) groups excluding carboxylic acids is 2. The number of nitrogens with one attached hydrogen (secondary N) is 2. The summed E-state index contributed by atoms with van der Waals surface area (Å²) in [5.41, 5.74) is 13.4. The van der Waals surface area contributed by atoms with Gasteiger partial charge in [0.05, 0.1) is 48.3 Å². The van der Waals surface area contributed by atoms with Crippen molar-refractivity contribution in [3.05, 3.63) is 120 Å². The Morgan fingerprint density at radius 1 is 0.597 bits per heavy atom. The molecule has 2 amide bonds. The minimum atomic E-state index is -6.02. The summed E-state index contributed by atoms with van der Waals surface area (Å²) in [6.07, 6.45) is -6.76. The number of sulfonamides is 2. The molecule has 0 aromatic heterocycles. The Morgan fingerprint density at radius 2 is 0.948 bits per heavy atom. The topological polar surface area (TPSA) is 324 Å². The van der Waals surface area contributed by atoms with E-state index in [9.17, 15) is 45.3 Å². The molecule has 0 aliphatic carbocycles. The van der Waals surface area contributed by atoms with E-state index in [1.165, 1.54) is 48.5 Å². The average molecular weight is 1150 g/mol. The Bertz CT molecular complexity index is 2660. The molecule has 8 atom stereocenters. The second kappa shape index (κ2) is 27.7. The summed E-state index contributed by atoms with van der Waals surface area (Å²) in [7, 11) is -21.0. The number of phosphoric acid groups is 2. The lowest BCUT2D eigenvalue weighted by Gasteiger charge is -2.35. The first kappa shape index (κ1) is 61.2. The van der Waals surface area contributed by atoms with Gasteiger partial charge in [-0.1, -0.05) is 88.4 Å². The monoisotopic (exact) mass is 1150 g/mol. The van der Waals surface area contributed by atoms with E-state index >= 15 is 0 Å². The van der Waals surface area contributed by atoms with Gasteiger partial charge in [0.25, 0.3) is 0 Å². The molecule has 2 fully saturated rings. The zero-order chi connectivity index (χ0) is 56.0. The van der Waals surface area contributed by atoms with Gasteiger partial charge in [-0.25, -0.2) is 35.6 Å². The number of ether oxygens (including phenoxy) is 4. The second-order valence-electron chi connectivity index (χ2n) is 19.5. The van der Waals surface area contributed by atoms with Gasteiger partial charge < -0.3 is 50.8 Å². The molecule has 0 radical (unpaired) electrons. The van der Waals surface area contributed by atoms with Crippen molar-refractivity contribution in [2.24, 2.45) is 11.8 Å². The molecule has 0 saturated carbocycles. The largest absolute Gasteiger partial charge is 0.481 e. The molecule has 2 unspecified atom stereocenters. The van der Waals surface area contributed by atoms with Gasteiger partial charge in [-0.15, -0.1) is 0 Å². The normalized spacial score (nSPS) is 19.3. The first-order valence-corrected chi connectivity index (χ1v) is 30.9. The summed E-state index contributed by atoms with van der Waals surface area (Å²) in [6.45, 7) is 5.77. The molecule has 8 N–H and O–H groups in total. The van der Waals surface area contributed by atoms with Crippen LogP contribution in [0.2, 0.25) is 0 Å². The number of carbonyl (C=O) groups is 2. The number of anilines is 2. The van der Waals surface area contributed by atoms with E-state index in [-0.39, 0.29) is 72.1 Å². The van der Waals surface area contributed by atoms with Crippen molar-refractivity contribution in [2.45, 2.75) is 99.7 Å². The SMILES string of the molecule is CC(C)CN(C[C@@H](OP(=O)(O)OP(=O)(O)O[C@H](CN(CC(C)C)S(=O)(=O)c1ccc(N)cc1)[C@H](Cc1ccccc1)NC(=O)O[C@H]1CCOC1)[C@H](Cc1ccccc1)NC(=O)O[C@H]1CCOC1)S(=O)(=O)c1ccc(N)cc1. The highest BCUT2D eigenvalue weighted by Gasteiger charge is 2.45. The van der Waals surface area contributed by atoms with Gasteiger partial charge in [0.1, 0.15) is 24.4 Å². The molecule has 23 nitrogen and oxygen atoms in total. The summed E-state index contributed by atoms with van der Waals surface area (Å²) in [5, 5.41) is 5.32. The predicted molar refractivity (Wildman–Crippen MR) is 285 cm³/mol.